The second-order valence-electron chi connectivity index (χ2n) is 3.03. The molecule has 1 aliphatic heterocycles. The van der Waals surface area contributed by atoms with Gasteiger partial charge < -0.3 is 14.8 Å². The first-order valence-electron chi connectivity index (χ1n) is 4.47. The number of para-hydroxylation sites is 1. The third-order valence-corrected chi connectivity index (χ3v) is 1.93. The van der Waals surface area contributed by atoms with Gasteiger partial charge in [-0.1, -0.05) is 18.2 Å². The van der Waals surface area contributed by atoms with Crippen LogP contribution in [0.4, 0.5) is 4.79 Å². The maximum atomic E-state index is 10.7. The maximum Gasteiger partial charge on any atom is 0.407 e. The molecule has 1 aromatic carbocycles. The average molecular weight is 193 g/mol. The lowest BCUT2D eigenvalue weighted by Crippen LogP contribution is -2.21. The van der Waals surface area contributed by atoms with Crippen LogP contribution in [0, 0.1) is 0 Å². The Morgan fingerprint density at radius 1 is 1.43 bits per heavy atom. The number of ether oxygens (including phenoxy) is 2. The molecule has 1 amide bonds. The molecule has 0 unspecified atom stereocenters. The van der Waals surface area contributed by atoms with Gasteiger partial charge in [-0.25, -0.2) is 4.79 Å². The summed E-state index contributed by atoms with van der Waals surface area (Å²) in [4.78, 5) is 10.7. The van der Waals surface area contributed by atoms with Crippen LogP contribution in [0.1, 0.15) is 0 Å². The zero-order valence-corrected chi connectivity index (χ0v) is 7.60. The highest BCUT2D eigenvalue weighted by Gasteiger charge is 2.22. The number of cyclic esters (lactones) is 1. The summed E-state index contributed by atoms with van der Waals surface area (Å²) >= 11 is 0. The maximum absolute atomic E-state index is 10.7. The van der Waals surface area contributed by atoms with Crippen LogP contribution >= 0.6 is 0 Å². The number of carbonyl (C=O) groups is 1. The summed E-state index contributed by atoms with van der Waals surface area (Å²) in [7, 11) is 0. The Kier molecular flexibility index (Phi) is 2.53. The van der Waals surface area contributed by atoms with Crippen LogP contribution in [-0.4, -0.2) is 25.3 Å². The molecule has 1 atom stereocenters. The number of carbonyl (C=O) groups excluding carboxylic acids is 1. The van der Waals surface area contributed by atoms with Gasteiger partial charge in [0.05, 0.1) is 6.54 Å². The number of hydrogen-bond donors (Lipinski definition) is 1. The minimum absolute atomic E-state index is 0.178. The third kappa shape index (κ3) is 2.16. The molecule has 0 radical (unpaired) electrons. The number of nitrogens with one attached hydrogen (secondary N) is 1. The highest BCUT2D eigenvalue weighted by Crippen LogP contribution is 2.10. The molecule has 0 spiro atoms. The normalized spacial score (nSPS) is 20.0. The van der Waals surface area contributed by atoms with Crippen molar-refractivity contribution in [3.8, 4) is 5.75 Å². The fourth-order valence-electron chi connectivity index (χ4n) is 1.23. The number of hydrogen-bond acceptors (Lipinski definition) is 3. The Morgan fingerprint density at radius 2 is 2.21 bits per heavy atom. The van der Waals surface area contributed by atoms with E-state index in [0.29, 0.717) is 13.2 Å². The van der Waals surface area contributed by atoms with Gasteiger partial charge in [-0.3, -0.25) is 0 Å². The molecule has 1 aliphatic rings. The summed E-state index contributed by atoms with van der Waals surface area (Å²) in [6.45, 7) is 0.911. The van der Waals surface area contributed by atoms with Crippen molar-refractivity contribution < 1.29 is 14.3 Å². The summed E-state index contributed by atoms with van der Waals surface area (Å²) in [6, 6.07) is 9.45. The molecule has 1 fully saturated rings. The van der Waals surface area contributed by atoms with E-state index in [0.717, 1.165) is 5.75 Å². The quantitative estimate of drug-likeness (QED) is 0.784. The number of amides is 1. The monoisotopic (exact) mass is 193 g/mol. The van der Waals surface area contributed by atoms with Gasteiger partial charge in [0.15, 0.2) is 6.10 Å². The molecule has 0 aliphatic carbocycles. The number of benzene rings is 1. The van der Waals surface area contributed by atoms with Gasteiger partial charge in [0, 0.05) is 0 Å². The van der Waals surface area contributed by atoms with Crippen LogP contribution in [0.3, 0.4) is 0 Å². The van der Waals surface area contributed by atoms with Gasteiger partial charge in [0.25, 0.3) is 0 Å². The van der Waals surface area contributed by atoms with Gasteiger partial charge in [-0.05, 0) is 12.1 Å². The van der Waals surface area contributed by atoms with Crippen molar-refractivity contribution in [2.75, 3.05) is 13.2 Å². The molecule has 1 saturated heterocycles. The fraction of sp³-hybridized carbons (Fsp3) is 0.300. The van der Waals surface area contributed by atoms with E-state index in [1.807, 2.05) is 30.3 Å². The topological polar surface area (TPSA) is 47.6 Å². The zero-order chi connectivity index (χ0) is 9.80. The molecular weight excluding hydrogens is 182 g/mol. The Morgan fingerprint density at radius 3 is 2.86 bits per heavy atom. The molecule has 74 valence electrons. The van der Waals surface area contributed by atoms with Crippen molar-refractivity contribution in [2.24, 2.45) is 0 Å². The van der Waals surface area contributed by atoms with Gasteiger partial charge in [-0.15, -0.1) is 0 Å². The van der Waals surface area contributed by atoms with Crippen molar-refractivity contribution in [1.82, 2.24) is 5.32 Å². The van der Waals surface area contributed by atoms with E-state index in [4.69, 9.17) is 9.47 Å². The predicted molar refractivity (Wildman–Crippen MR) is 50.2 cm³/mol. The Labute approximate surface area is 81.8 Å². The first-order chi connectivity index (χ1) is 6.84. The van der Waals surface area contributed by atoms with E-state index < -0.39 is 0 Å². The summed E-state index contributed by atoms with van der Waals surface area (Å²) in [6.07, 6.45) is -0.547. The van der Waals surface area contributed by atoms with Crippen LogP contribution in [0.15, 0.2) is 30.3 Å². The molecule has 0 saturated carbocycles. The van der Waals surface area contributed by atoms with E-state index in [1.54, 1.807) is 0 Å². The second-order valence-corrected chi connectivity index (χ2v) is 3.03. The molecule has 4 nitrogen and oxygen atoms in total. The number of alkyl carbamates (subject to hydrolysis) is 1. The highest BCUT2D eigenvalue weighted by molar-refractivity contribution is 5.69. The van der Waals surface area contributed by atoms with E-state index in [9.17, 15) is 4.79 Å². The molecule has 0 bridgehead atoms. The van der Waals surface area contributed by atoms with E-state index in [2.05, 4.69) is 5.32 Å². The second kappa shape index (κ2) is 4.00. The lowest BCUT2D eigenvalue weighted by molar-refractivity contribution is 0.105. The van der Waals surface area contributed by atoms with Crippen molar-refractivity contribution in [3.05, 3.63) is 30.3 Å². The standard InChI is InChI=1S/C10H11NO3/c12-10-11-6-9(14-10)7-13-8-4-2-1-3-5-8/h1-5,9H,6-7H2,(H,11,12)/t9-/m1/s1. The van der Waals surface area contributed by atoms with E-state index in [1.165, 1.54) is 0 Å². The minimum Gasteiger partial charge on any atom is -0.490 e. The molecule has 2 rings (SSSR count). The zero-order valence-electron chi connectivity index (χ0n) is 7.60. The highest BCUT2D eigenvalue weighted by atomic mass is 16.6. The smallest absolute Gasteiger partial charge is 0.407 e. The summed E-state index contributed by atoms with van der Waals surface area (Å²) < 4.78 is 10.3. The third-order valence-electron chi connectivity index (χ3n) is 1.93. The van der Waals surface area contributed by atoms with Gasteiger partial charge in [0.1, 0.15) is 12.4 Å². The van der Waals surface area contributed by atoms with Crippen LogP contribution < -0.4 is 10.1 Å². The van der Waals surface area contributed by atoms with Crippen LogP contribution in [-0.2, 0) is 4.74 Å². The molecule has 1 aromatic rings. The fourth-order valence-corrected chi connectivity index (χ4v) is 1.23. The van der Waals surface area contributed by atoms with E-state index in [-0.39, 0.29) is 12.2 Å². The van der Waals surface area contributed by atoms with Crippen LogP contribution in [0.25, 0.3) is 0 Å². The molecule has 0 aromatic heterocycles. The van der Waals surface area contributed by atoms with E-state index >= 15 is 0 Å². The van der Waals surface area contributed by atoms with Crippen molar-refractivity contribution in [3.63, 3.8) is 0 Å². The Bertz CT molecular complexity index is 312. The molecule has 1 heterocycles. The summed E-state index contributed by atoms with van der Waals surface area (Å²) in [5.41, 5.74) is 0. The van der Waals surface area contributed by atoms with Crippen LogP contribution in [0.2, 0.25) is 0 Å². The van der Waals surface area contributed by atoms with Gasteiger partial charge in [-0.2, -0.15) is 0 Å². The van der Waals surface area contributed by atoms with Gasteiger partial charge in [0.2, 0.25) is 0 Å². The lowest BCUT2D eigenvalue weighted by atomic mass is 10.3. The largest absolute Gasteiger partial charge is 0.490 e. The molecule has 14 heavy (non-hydrogen) atoms. The van der Waals surface area contributed by atoms with Gasteiger partial charge >= 0.3 is 6.09 Å². The average Bonchev–Trinajstić information content (AvgIpc) is 2.63. The first-order valence-corrected chi connectivity index (χ1v) is 4.47. The summed E-state index contributed by atoms with van der Waals surface area (Å²) in [5.74, 6) is 0.787. The Balaban J connectivity index is 1.80. The van der Waals surface area contributed by atoms with Crippen LogP contribution in [0.5, 0.6) is 5.75 Å². The minimum atomic E-state index is -0.369. The molecular formula is C10H11NO3. The first kappa shape index (κ1) is 8.87. The Hall–Kier alpha value is -1.71. The van der Waals surface area contributed by atoms with Crippen molar-refractivity contribution >= 4 is 6.09 Å². The van der Waals surface area contributed by atoms with Crippen molar-refractivity contribution in [2.45, 2.75) is 6.10 Å². The molecule has 1 N–H and O–H groups in total. The number of rotatable bonds is 3. The summed E-state index contributed by atoms with van der Waals surface area (Å²) in [5, 5.41) is 2.56. The predicted octanol–water partition coefficient (Wildman–Crippen LogP) is 1.17. The van der Waals surface area contributed by atoms with Crippen molar-refractivity contribution in [1.29, 1.82) is 0 Å². The molecule has 4 heteroatoms. The SMILES string of the molecule is O=C1NC[C@H](COc2ccccc2)O1. The lowest BCUT2D eigenvalue weighted by Gasteiger charge is -2.09.